The zero-order valence-electron chi connectivity index (χ0n) is 15.0. The number of pyridine rings is 1. The van der Waals surface area contributed by atoms with Gasteiger partial charge in [-0.2, -0.15) is 0 Å². The molecule has 6 heteroatoms. The average molecular weight is 323 g/mol. The number of methoxy groups -OCH3 is 1. The number of ether oxygens (including phenoxy) is 2. The normalized spacial score (nSPS) is 12.7. The second-order valence-electron chi connectivity index (χ2n) is 6.83. The van der Waals surface area contributed by atoms with Crippen molar-refractivity contribution in [1.29, 1.82) is 0 Å². The lowest BCUT2D eigenvalue weighted by Crippen LogP contribution is -2.38. The first-order chi connectivity index (χ1) is 10.7. The lowest BCUT2D eigenvalue weighted by Gasteiger charge is -2.24. The fourth-order valence-corrected chi connectivity index (χ4v) is 2.00. The van der Waals surface area contributed by atoms with Gasteiger partial charge in [-0.3, -0.25) is 0 Å². The first kappa shape index (κ1) is 19.1. The van der Waals surface area contributed by atoms with Crippen molar-refractivity contribution in [2.45, 2.75) is 40.2 Å². The summed E-state index contributed by atoms with van der Waals surface area (Å²) >= 11 is 0. The molecule has 0 saturated heterocycles. The Balaban J connectivity index is 2.54. The molecule has 2 N–H and O–H groups in total. The van der Waals surface area contributed by atoms with Crippen LogP contribution in [0.1, 0.15) is 34.6 Å². The minimum atomic E-state index is -0.487. The van der Waals surface area contributed by atoms with E-state index >= 15 is 0 Å². The third-order valence-corrected chi connectivity index (χ3v) is 3.37. The number of anilines is 1. The molecule has 1 rings (SSSR count). The summed E-state index contributed by atoms with van der Waals surface area (Å²) in [6.07, 6.45) is 1.30. The van der Waals surface area contributed by atoms with Crippen LogP contribution >= 0.6 is 0 Å². The van der Waals surface area contributed by atoms with Crippen LogP contribution < -0.4 is 15.4 Å². The fraction of sp³-hybridized carbons (Fsp3) is 0.647. The Kier molecular flexibility index (Phi) is 7.13. The molecule has 1 amide bonds. The molecule has 1 aromatic heterocycles. The van der Waals surface area contributed by atoms with Crippen LogP contribution in [0.4, 0.5) is 10.5 Å². The lowest BCUT2D eigenvalue weighted by molar-refractivity contribution is 0.0516. The number of amides is 1. The molecule has 0 radical (unpaired) electrons. The van der Waals surface area contributed by atoms with E-state index in [-0.39, 0.29) is 12.0 Å². The Labute approximate surface area is 139 Å². The van der Waals surface area contributed by atoms with Crippen molar-refractivity contribution < 1.29 is 14.3 Å². The molecule has 0 spiro atoms. The van der Waals surface area contributed by atoms with Crippen molar-refractivity contribution in [3.63, 3.8) is 0 Å². The van der Waals surface area contributed by atoms with E-state index in [0.717, 1.165) is 5.69 Å². The summed E-state index contributed by atoms with van der Waals surface area (Å²) in [6.45, 7) is 11.1. The number of hydrogen-bond acceptors (Lipinski definition) is 5. The average Bonchev–Trinajstić information content (AvgIpc) is 2.45. The van der Waals surface area contributed by atoms with Gasteiger partial charge in [0.05, 0.1) is 12.8 Å². The standard InChI is InChI=1S/C17H29N3O3/c1-12(2)13(11-20-16(21)23-17(3,4)5)10-19-14-8-7-9-18-15(14)22-6/h7-9,12-13,19H,10-11H2,1-6H3,(H,20,21). The number of nitrogens with one attached hydrogen (secondary N) is 2. The number of rotatable bonds is 7. The largest absolute Gasteiger partial charge is 0.480 e. The number of carbonyl (C=O) groups is 1. The molecule has 0 aliphatic carbocycles. The predicted molar refractivity (Wildman–Crippen MR) is 91.8 cm³/mol. The van der Waals surface area contributed by atoms with Crippen LogP contribution in [0.5, 0.6) is 5.88 Å². The summed E-state index contributed by atoms with van der Waals surface area (Å²) in [5, 5.41) is 6.18. The Hall–Kier alpha value is -1.98. The molecular formula is C17H29N3O3. The van der Waals surface area contributed by atoms with Gasteiger partial charge in [0.1, 0.15) is 5.60 Å². The highest BCUT2D eigenvalue weighted by atomic mass is 16.6. The van der Waals surface area contributed by atoms with Gasteiger partial charge in [0, 0.05) is 19.3 Å². The van der Waals surface area contributed by atoms with Crippen LogP contribution in [0, 0.1) is 11.8 Å². The first-order valence-corrected chi connectivity index (χ1v) is 7.92. The lowest BCUT2D eigenvalue weighted by atomic mass is 9.95. The molecule has 1 aromatic rings. The van der Waals surface area contributed by atoms with Gasteiger partial charge in [-0.1, -0.05) is 13.8 Å². The van der Waals surface area contributed by atoms with Gasteiger partial charge in [0.15, 0.2) is 0 Å². The van der Waals surface area contributed by atoms with Crippen molar-refractivity contribution >= 4 is 11.8 Å². The van der Waals surface area contributed by atoms with Crippen molar-refractivity contribution in [3.8, 4) is 5.88 Å². The van der Waals surface area contributed by atoms with Crippen molar-refractivity contribution in [2.75, 3.05) is 25.5 Å². The molecule has 0 saturated carbocycles. The van der Waals surface area contributed by atoms with Gasteiger partial charge in [0.25, 0.3) is 0 Å². The van der Waals surface area contributed by atoms with Gasteiger partial charge in [0.2, 0.25) is 5.88 Å². The van der Waals surface area contributed by atoms with Gasteiger partial charge >= 0.3 is 6.09 Å². The highest BCUT2D eigenvalue weighted by molar-refractivity contribution is 5.67. The van der Waals surface area contributed by atoms with Gasteiger partial charge in [-0.05, 0) is 44.7 Å². The minimum absolute atomic E-state index is 0.257. The molecule has 0 fully saturated rings. The molecule has 1 atom stereocenters. The van der Waals surface area contributed by atoms with Gasteiger partial charge in [-0.25, -0.2) is 9.78 Å². The van der Waals surface area contributed by atoms with Crippen molar-refractivity contribution in [3.05, 3.63) is 18.3 Å². The third-order valence-electron chi connectivity index (χ3n) is 3.37. The topological polar surface area (TPSA) is 72.5 Å². The second-order valence-corrected chi connectivity index (χ2v) is 6.83. The van der Waals surface area contributed by atoms with Gasteiger partial charge in [-0.15, -0.1) is 0 Å². The molecule has 23 heavy (non-hydrogen) atoms. The molecule has 6 nitrogen and oxygen atoms in total. The Morgan fingerprint density at radius 2 is 2.00 bits per heavy atom. The maximum absolute atomic E-state index is 11.8. The Morgan fingerprint density at radius 1 is 1.30 bits per heavy atom. The van der Waals surface area contributed by atoms with Crippen LogP contribution in [0.15, 0.2) is 18.3 Å². The predicted octanol–water partition coefficient (Wildman–Crippen LogP) is 3.30. The number of hydrogen-bond donors (Lipinski definition) is 2. The Morgan fingerprint density at radius 3 is 2.57 bits per heavy atom. The highest BCUT2D eigenvalue weighted by Gasteiger charge is 2.19. The first-order valence-electron chi connectivity index (χ1n) is 7.92. The second kappa shape index (κ2) is 8.60. The minimum Gasteiger partial charge on any atom is -0.480 e. The zero-order valence-corrected chi connectivity index (χ0v) is 15.0. The summed E-state index contributed by atoms with van der Waals surface area (Å²) in [5.41, 5.74) is 0.358. The summed E-state index contributed by atoms with van der Waals surface area (Å²) in [4.78, 5) is 15.9. The number of alkyl carbamates (subject to hydrolysis) is 1. The van der Waals surface area contributed by atoms with Crippen LogP contribution in [0.2, 0.25) is 0 Å². The van der Waals surface area contributed by atoms with E-state index < -0.39 is 5.60 Å². The maximum atomic E-state index is 11.8. The van der Waals surface area contributed by atoms with E-state index in [2.05, 4.69) is 29.5 Å². The van der Waals surface area contributed by atoms with Crippen molar-refractivity contribution in [1.82, 2.24) is 10.3 Å². The zero-order chi connectivity index (χ0) is 17.5. The van der Waals surface area contributed by atoms with E-state index in [1.807, 2.05) is 32.9 Å². The quantitative estimate of drug-likeness (QED) is 0.805. The van der Waals surface area contributed by atoms with E-state index in [4.69, 9.17) is 9.47 Å². The molecule has 1 unspecified atom stereocenters. The monoisotopic (exact) mass is 323 g/mol. The Bertz CT molecular complexity index is 498. The third kappa shape index (κ3) is 7.21. The number of aromatic nitrogens is 1. The van der Waals surface area contributed by atoms with Crippen molar-refractivity contribution in [2.24, 2.45) is 11.8 Å². The maximum Gasteiger partial charge on any atom is 0.407 e. The molecule has 0 aliphatic rings. The number of nitrogens with zero attached hydrogens (tertiary/aromatic N) is 1. The molecule has 0 bridgehead atoms. The van der Waals surface area contributed by atoms with E-state index in [0.29, 0.717) is 24.9 Å². The van der Waals surface area contributed by atoms with Crippen LogP contribution in [-0.2, 0) is 4.74 Å². The smallest absolute Gasteiger partial charge is 0.407 e. The summed E-state index contributed by atoms with van der Waals surface area (Å²) in [7, 11) is 1.59. The molecular weight excluding hydrogens is 294 g/mol. The highest BCUT2D eigenvalue weighted by Crippen LogP contribution is 2.21. The summed E-state index contributed by atoms with van der Waals surface area (Å²) in [5.74, 6) is 1.22. The van der Waals surface area contributed by atoms with Gasteiger partial charge < -0.3 is 20.1 Å². The van der Waals surface area contributed by atoms with Crippen LogP contribution in [-0.4, -0.2) is 36.9 Å². The molecule has 0 aliphatic heterocycles. The fourth-order valence-electron chi connectivity index (χ4n) is 2.00. The summed E-state index contributed by atoms with van der Waals surface area (Å²) in [6, 6.07) is 3.78. The van der Waals surface area contributed by atoms with E-state index in [9.17, 15) is 4.79 Å². The molecule has 130 valence electrons. The van der Waals surface area contributed by atoms with E-state index in [1.165, 1.54) is 0 Å². The number of carbonyl (C=O) groups excluding carboxylic acids is 1. The van der Waals surface area contributed by atoms with Crippen LogP contribution in [0.3, 0.4) is 0 Å². The SMILES string of the molecule is COc1ncccc1NCC(CNC(=O)OC(C)(C)C)C(C)C. The van der Waals surface area contributed by atoms with Crippen LogP contribution in [0.25, 0.3) is 0 Å². The van der Waals surface area contributed by atoms with E-state index in [1.54, 1.807) is 13.3 Å². The molecule has 0 aromatic carbocycles. The molecule has 1 heterocycles. The summed E-state index contributed by atoms with van der Waals surface area (Å²) < 4.78 is 10.5.